The number of nitrogens with zero attached hydrogens (tertiary/aromatic N) is 1. The fraction of sp³-hybridized carbons (Fsp3) is 0.226. The minimum Gasteiger partial charge on any atom is -0.466 e. The number of hydrogen-bond donors (Lipinski definition) is 1. The molecule has 5 nitrogen and oxygen atoms in total. The molecule has 0 radical (unpaired) electrons. The molecular formula is C31H32N2O3. The molecule has 4 rings (SSSR count). The highest BCUT2D eigenvalue weighted by atomic mass is 16.5. The zero-order valence-corrected chi connectivity index (χ0v) is 21.2. The Morgan fingerprint density at radius 2 is 1.64 bits per heavy atom. The molecule has 1 N–H and O–H groups in total. The van der Waals surface area contributed by atoms with E-state index in [1.165, 1.54) is 7.11 Å². The molecule has 0 aliphatic rings. The van der Waals surface area contributed by atoms with Gasteiger partial charge < -0.3 is 14.6 Å². The number of aromatic amines is 1. The molecule has 4 aromatic rings. The number of amides is 1. The molecular weight excluding hydrogens is 448 g/mol. The summed E-state index contributed by atoms with van der Waals surface area (Å²) < 4.78 is 5.16. The molecule has 0 aliphatic heterocycles. The second kappa shape index (κ2) is 11.1. The van der Waals surface area contributed by atoms with E-state index in [-0.39, 0.29) is 11.9 Å². The highest BCUT2D eigenvalue weighted by Crippen LogP contribution is 2.23. The number of H-pyrrole nitrogens is 1. The zero-order valence-electron chi connectivity index (χ0n) is 21.2. The van der Waals surface area contributed by atoms with Crippen molar-refractivity contribution in [3.8, 4) is 0 Å². The highest BCUT2D eigenvalue weighted by molar-refractivity contribution is 5.95. The summed E-state index contributed by atoms with van der Waals surface area (Å²) in [4.78, 5) is 31.5. The Morgan fingerprint density at radius 3 is 2.33 bits per heavy atom. The van der Waals surface area contributed by atoms with Crippen LogP contribution in [-0.4, -0.2) is 42.0 Å². The van der Waals surface area contributed by atoms with E-state index in [1.807, 2.05) is 92.9 Å². The lowest BCUT2D eigenvalue weighted by Crippen LogP contribution is -2.38. The normalized spacial score (nSPS) is 12.4. The molecule has 1 heterocycles. The molecule has 36 heavy (non-hydrogen) atoms. The first-order valence-electron chi connectivity index (χ1n) is 12.1. The topological polar surface area (TPSA) is 62.4 Å². The van der Waals surface area contributed by atoms with E-state index in [0.29, 0.717) is 24.0 Å². The van der Waals surface area contributed by atoms with Gasteiger partial charge in [-0.05, 0) is 49.6 Å². The van der Waals surface area contributed by atoms with Crippen molar-refractivity contribution in [2.75, 3.05) is 14.2 Å². The van der Waals surface area contributed by atoms with Gasteiger partial charge in [0, 0.05) is 41.7 Å². The number of esters is 1. The van der Waals surface area contributed by atoms with Gasteiger partial charge in [0.1, 0.15) is 0 Å². The third-order valence-corrected chi connectivity index (χ3v) is 6.47. The molecule has 1 aromatic heterocycles. The second-order valence-corrected chi connectivity index (χ2v) is 9.27. The maximum absolute atomic E-state index is 13.6. The average Bonchev–Trinajstić information content (AvgIpc) is 3.29. The first-order valence-corrected chi connectivity index (χ1v) is 12.1. The zero-order chi connectivity index (χ0) is 25.7. The van der Waals surface area contributed by atoms with E-state index in [1.54, 1.807) is 11.9 Å². The summed E-state index contributed by atoms with van der Waals surface area (Å²) in [5.41, 5.74) is 6.33. The summed E-state index contributed by atoms with van der Waals surface area (Å²) in [5.74, 6) is -0.485. The smallest absolute Gasteiger partial charge is 0.333 e. The number of para-hydroxylation sites is 1. The van der Waals surface area contributed by atoms with E-state index in [4.69, 9.17) is 4.74 Å². The van der Waals surface area contributed by atoms with Gasteiger partial charge in [0.2, 0.25) is 0 Å². The van der Waals surface area contributed by atoms with Gasteiger partial charge in [0.25, 0.3) is 5.91 Å². The van der Waals surface area contributed by atoms with Crippen LogP contribution in [0.1, 0.15) is 32.6 Å². The summed E-state index contributed by atoms with van der Waals surface area (Å²) in [5, 5.41) is 1.06. The number of carbonyl (C=O) groups is 2. The minimum absolute atomic E-state index is 0.0877. The number of aryl methyl sites for hydroxylation is 2. The fourth-order valence-electron chi connectivity index (χ4n) is 4.66. The van der Waals surface area contributed by atoms with Crippen molar-refractivity contribution in [3.05, 3.63) is 118 Å². The van der Waals surface area contributed by atoms with Gasteiger partial charge in [-0.2, -0.15) is 0 Å². The van der Waals surface area contributed by atoms with Crippen LogP contribution < -0.4 is 0 Å². The molecule has 1 atom stereocenters. The van der Waals surface area contributed by atoms with Crippen LogP contribution in [0.4, 0.5) is 0 Å². The van der Waals surface area contributed by atoms with E-state index >= 15 is 0 Å². The largest absolute Gasteiger partial charge is 0.466 e. The van der Waals surface area contributed by atoms with Crippen molar-refractivity contribution in [2.24, 2.45) is 0 Å². The second-order valence-electron chi connectivity index (χ2n) is 9.27. The van der Waals surface area contributed by atoms with Crippen LogP contribution >= 0.6 is 0 Å². The number of likely N-dealkylation sites (N-methyl/N-ethyl adjacent to an activating group) is 1. The lowest BCUT2D eigenvalue weighted by Gasteiger charge is -2.27. The summed E-state index contributed by atoms with van der Waals surface area (Å²) in [6.45, 7) is 3.98. The number of rotatable bonds is 8. The lowest BCUT2D eigenvalue weighted by atomic mass is 9.97. The highest BCUT2D eigenvalue weighted by Gasteiger charge is 2.23. The third-order valence-electron chi connectivity index (χ3n) is 6.47. The van der Waals surface area contributed by atoms with Crippen LogP contribution in [-0.2, 0) is 22.4 Å². The van der Waals surface area contributed by atoms with Crippen LogP contribution in [0.15, 0.2) is 90.6 Å². The quantitative estimate of drug-likeness (QED) is 0.256. The van der Waals surface area contributed by atoms with Crippen LogP contribution in [0.2, 0.25) is 0 Å². The van der Waals surface area contributed by atoms with Crippen molar-refractivity contribution < 1.29 is 14.3 Å². The van der Waals surface area contributed by atoms with Crippen molar-refractivity contribution >= 4 is 22.8 Å². The number of ether oxygens (including phenoxy) is 1. The molecule has 0 saturated heterocycles. The summed E-state index contributed by atoms with van der Waals surface area (Å²) in [6, 6.07) is 23.5. The molecule has 1 unspecified atom stereocenters. The van der Waals surface area contributed by atoms with E-state index in [9.17, 15) is 9.59 Å². The van der Waals surface area contributed by atoms with Gasteiger partial charge >= 0.3 is 5.97 Å². The first kappa shape index (κ1) is 25.0. The van der Waals surface area contributed by atoms with Crippen LogP contribution in [0, 0.1) is 13.8 Å². The summed E-state index contributed by atoms with van der Waals surface area (Å²) in [7, 11) is 3.19. The van der Waals surface area contributed by atoms with Gasteiger partial charge in [-0.3, -0.25) is 4.79 Å². The molecule has 0 fully saturated rings. The summed E-state index contributed by atoms with van der Waals surface area (Å²) >= 11 is 0. The Kier molecular flexibility index (Phi) is 7.69. The maximum Gasteiger partial charge on any atom is 0.333 e. The van der Waals surface area contributed by atoms with Crippen molar-refractivity contribution in [1.29, 1.82) is 0 Å². The Labute approximate surface area is 212 Å². The average molecular weight is 481 g/mol. The predicted octanol–water partition coefficient (Wildman–Crippen LogP) is 5.81. The molecule has 0 bridgehead atoms. The van der Waals surface area contributed by atoms with Crippen LogP contribution in [0.25, 0.3) is 10.9 Å². The SMILES string of the molecule is COC(=O)C(=CC(Cc1ccccc1)N(C)C(=O)c1cc(C)cc(C)c1)Cc1c[nH]c2ccccc12. The van der Waals surface area contributed by atoms with Gasteiger partial charge in [-0.25, -0.2) is 4.79 Å². The Balaban J connectivity index is 1.73. The standard InChI is InChI=1S/C31H32N2O3/c1-21-14-22(2)16-24(15-21)30(34)33(3)27(17-23-10-6-5-7-11-23)19-25(31(35)36-4)18-26-20-32-29-13-9-8-12-28(26)29/h5-16,19-20,27,32H,17-18H2,1-4H3. The molecule has 1 amide bonds. The van der Waals surface area contributed by atoms with Gasteiger partial charge in [-0.15, -0.1) is 0 Å². The van der Waals surface area contributed by atoms with Gasteiger partial charge in [-0.1, -0.05) is 71.8 Å². The molecule has 3 aromatic carbocycles. The molecule has 0 saturated carbocycles. The molecule has 0 spiro atoms. The molecule has 184 valence electrons. The van der Waals surface area contributed by atoms with Crippen LogP contribution in [0.3, 0.4) is 0 Å². The van der Waals surface area contributed by atoms with Gasteiger partial charge in [0.15, 0.2) is 0 Å². The van der Waals surface area contributed by atoms with E-state index < -0.39 is 5.97 Å². The molecule has 0 aliphatic carbocycles. The van der Waals surface area contributed by atoms with Crippen LogP contribution in [0.5, 0.6) is 0 Å². The Bertz CT molecular complexity index is 1380. The number of fused-ring (bicyclic) bond motifs is 1. The molecule has 5 heteroatoms. The monoisotopic (exact) mass is 480 g/mol. The Morgan fingerprint density at radius 1 is 0.972 bits per heavy atom. The van der Waals surface area contributed by atoms with Crippen molar-refractivity contribution in [1.82, 2.24) is 9.88 Å². The number of methoxy groups -OCH3 is 1. The number of carbonyl (C=O) groups excluding carboxylic acids is 2. The number of hydrogen-bond acceptors (Lipinski definition) is 3. The van der Waals surface area contributed by atoms with E-state index in [2.05, 4.69) is 11.1 Å². The maximum atomic E-state index is 13.6. The number of benzene rings is 3. The summed E-state index contributed by atoms with van der Waals surface area (Å²) in [6.07, 6.45) is 4.79. The fourth-order valence-corrected chi connectivity index (χ4v) is 4.66. The predicted molar refractivity (Wildman–Crippen MR) is 144 cm³/mol. The number of nitrogens with one attached hydrogen (secondary N) is 1. The lowest BCUT2D eigenvalue weighted by molar-refractivity contribution is -0.136. The first-order chi connectivity index (χ1) is 17.4. The van der Waals surface area contributed by atoms with E-state index in [0.717, 1.165) is 33.2 Å². The Hall–Kier alpha value is -4.12. The third kappa shape index (κ3) is 5.74. The number of aromatic nitrogens is 1. The van der Waals surface area contributed by atoms with Gasteiger partial charge in [0.05, 0.1) is 13.2 Å². The minimum atomic E-state index is -0.398. The van der Waals surface area contributed by atoms with Crippen molar-refractivity contribution in [3.63, 3.8) is 0 Å². The van der Waals surface area contributed by atoms with Crippen molar-refractivity contribution in [2.45, 2.75) is 32.7 Å².